The normalized spacial score (nSPS) is 10.7. The monoisotopic (exact) mass is 368 g/mol. The van der Waals surface area contributed by atoms with Crippen molar-refractivity contribution in [3.8, 4) is 0 Å². The number of hydrogen-bond donors (Lipinski definition) is 0. The SMILES string of the molecule is C=Cc1cccc(COCCOCOCCOCc2cccc(C=C)c2)c1. The fraction of sp³-hybridized carbons (Fsp3) is 0.304. The highest BCUT2D eigenvalue weighted by Crippen LogP contribution is 2.08. The first-order valence-corrected chi connectivity index (χ1v) is 9.05. The van der Waals surface area contributed by atoms with Gasteiger partial charge < -0.3 is 18.9 Å². The smallest absolute Gasteiger partial charge is 0.146 e. The molecule has 0 fully saturated rings. The van der Waals surface area contributed by atoms with Gasteiger partial charge in [0.15, 0.2) is 0 Å². The lowest BCUT2D eigenvalue weighted by Gasteiger charge is -2.08. The highest BCUT2D eigenvalue weighted by Gasteiger charge is 1.97. The Morgan fingerprint density at radius 1 is 0.630 bits per heavy atom. The third-order valence-corrected chi connectivity index (χ3v) is 3.82. The predicted octanol–water partition coefficient (Wildman–Crippen LogP) is 4.70. The van der Waals surface area contributed by atoms with Crippen molar-refractivity contribution in [3.05, 3.63) is 83.9 Å². The molecule has 0 aromatic heterocycles. The van der Waals surface area contributed by atoms with Crippen molar-refractivity contribution in [1.82, 2.24) is 0 Å². The summed E-state index contributed by atoms with van der Waals surface area (Å²) < 4.78 is 21.9. The van der Waals surface area contributed by atoms with E-state index in [-0.39, 0.29) is 6.79 Å². The topological polar surface area (TPSA) is 36.9 Å². The van der Waals surface area contributed by atoms with Crippen LogP contribution in [0.25, 0.3) is 12.2 Å². The predicted molar refractivity (Wildman–Crippen MR) is 109 cm³/mol. The van der Waals surface area contributed by atoms with Crippen LogP contribution >= 0.6 is 0 Å². The van der Waals surface area contributed by atoms with E-state index in [1.54, 1.807) is 0 Å². The van der Waals surface area contributed by atoms with Crippen LogP contribution in [0.4, 0.5) is 0 Å². The maximum absolute atomic E-state index is 5.59. The summed E-state index contributed by atoms with van der Waals surface area (Å²) in [6, 6.07) is 16.2. The molecule has 144 valence electrons. The lowest BCUT2D eigenvalue weighted by Crippen LogP contribution is -2.10. The number of rotatable bonds is 14. The van der Waals surface area contributed by atoms with Crippen LogP contribution in [0.15, 0.2) is 61.7 Å². The third kappa shape index (κ3) is 8.80. The number of benzene rings is 2. The molecule has 2 aromatic carbocycles. The van der Waals surface area contributed by atoms with Crippen LogP contribution < -0.4 is 0 Å². The van der Waals surface area contributed by atoms with E-state index in [4.69, 9.17) is 18.9 Å². The molecule has 0 spiro atoms. The van der Waals surface area contributed by atoms with E-state index in [0.717, 1.165) is 22.3 Å². The number of hydrogen-bond acceptors (Lipinski definition) is 4. The lowest BCUT2D eigenvalue weighted by atomic mass is 10.1. The van der Waals surface area contributed by atoms with Crippen molar-refractivity contribution in [3.63, 3.8) is 0 Å². The summed E-state index contributed by atoms with van der Waals surface area (Å²) in [6.07, 6.45) is 3.65. The molecule has 0 saturated heterocycles. The zero-order valence-electron chi connectivity index (χ0n) is 15.8. The van der Waals surface area contributed by atoms with Crippen LogP contribution in [-0.4, -0.2) is 33.2 Å². The summed E-state index contributed by atoms with van der Waals surface area (Å²) in [4.78, 5) is 0. The van der Waals surface area contributed by atoms with E-state index in [1.807, 2.05) is 48.6 Å². The summed E-state index contributed by atoms with van der Waals surface area (Å²) in [5.41, 5.74) is 4.44. The molecule has 4 heteroatoms. The van der Waals surface area contributed by atoms with Gasteiger partial charge in [0.2, 0.25) is 0 Å². The molecule has 2 rings (SSSR count). The molecule has 0 bridgehead atoms. The van der Waals surface area contributed by atoms with Crippen LogP contribution in [-0.2, 0) is 32.2 Å². The first kappa shape index (κ1) is 21.1. The van der Waals surface area contributed by atoms with Gasteiger partial charge in [-0.1, -0.05) is 61.7 Å². The average Bonchev–Trinajstić information content (AvgIpc) is 2.72. The third-order valence-electron chi connectivity index (χ3n) is 3.82. The van der Waals surface area contributed by atoms with E-state index < -0.39 is 0 Å². The van der Waals surface area contributed by atoms with Crippen molar-refractivity contribution < 1.29 is 18.9 Å². The van der Waals surface area contributed by atoms with Gasteiger partial charge in [-0.2, -0.15) is 0 Å². The Morgan fingerprint density at radius 2 is 1.07 bits per heavy atom. The molecule has 27 heavy (non-hydrogen) atoms. The van der Waals surface area contributed by atoms with Gasteiger partial charge in [-0.25, -0.2) is 0 Å². The van der Waals surface area contributed by atoms with Crippen molar-refractivity contribution in [1.29, 1.82) is 0 Å². The number of ether oxygens (including phenoxy) is 4. The average molecular weight is 368 g/mol. The minimum Gasteiger partial charge on any atom is -0.374 e. The van der Waals surface area contributed by atoms with E-state index in [0.29, 0.717) is 39.6 Å². The van der Waals surface area contributed by atoms with E-state index in [9.17, 15) is 0 Å². The van der Waals surface area contributed by atoms with Crippen LogP contribution in [0, 0.1) is 0 Å². The van der Waals surface area contributed by atoms with Gasteiger partial charge >= 0.3 is 0 Å². The molecule has 2 aromatic rings. The standard InChI is InChI=1S/C23H28O4/c1-3-20-7-5-9-22(15-20)17-24-11-13-26-19-27-14-12-25-18-23-10-6-8-21(4-2)16-23/h3-10,15-16H,1-2,11-14,17-19H2. The zero-order chi connectivity index (χ0) is 19.2. The van der Waals surface area contributed by atoms with Gasteiger partial charge in [0, 0.05) is 0 Å². The lowest BCUT2D eigenvalue weighted by molar-refractivity contribution is -0.0836. The molecule has 0 aliphatic carbocycles. The summed E-state index contributed by atoms with van der Waals surface area (Å²) in [7, 11) is 0. The van der Waals surface area contributed by atoms with Crippen molar-refractivity contribution in [2.75, 3.05) is 33.2 Å². The van der Waals surface area contributed by atoms with Gasteiger partial charge in [-0.3, -0.25) is 0 Å². The maximum atomic E-state index is 5.59. The van der Waals surface area contributed by atoms with Gasteiger partial charge in [0.1, 0.15) is 6.79 Å². The van der Waals surface area contributed by atoms with Crippen LogP contribution in [0.1, 0.15) is 22.3 Å². The minimum absolute atomic E-state index is 0.241. The highest BCUT2D eigenvalue weighted by atomic mass is 16.7. The first-order chi connectivity index (χ1) is 13.3. The second-order valence-electron chi connectivity index (χ2n) is 5.94. The summed E-state index contributed by atoms with van der Waals surface area (Å²) in [6.45, 7) is 10.9. The first-order valence-electron chi connectivity index (χ1n) is 9.05. The molecule has 0 saturated carbocycles. The second kappa shape index (κ2) is 13.0. The van der Waals surface area contributed by atoms with Crippen molar-refractivity contribution in [2.45, 2.75) is 13.2 Å². The quantitative estimate of drug-likeness (QED) is 0.358. The van der Waals surface area contributed by atoms with E-state index in [2.05, 4.69) is 25.3 Å². The molecule has 0 aliphatic rings. The summed E-state index contributed by atoms with van der Waals surface area (Å²) >= 11 is 0. The molecule has 0 atom stereocenters. The Morgan fingerprint density at radius 3 is 1.52 bits per heavy atom. The van der Waals surface area contributed by atoms with E-state index in [1.165, 1.54) is 0 Å². The van der Waals surface area contributed by atoms with Gasteiger partial charge in [-0.05, 0) is 34.4 Å². The molecule has 0 amide bonds. The Bertz CT molecular complexity index is 637. The largest absolute Gasteiger partial charge is 0.374 e. The molecular formula is C23H28O4. The van der Waals surface area contributed by atoms with Gasteiger partial charge in [-0.15, -0.1) is 0 Å². The van der Waals surface area contributed by atoms with Crippen LogP contribution in [0.5, 0.6) is 0 Å². The fourth-order valence-electron chi connectivity index (χ4n) is 2.41. The van der Waals surface area contributed by atoms with Crippen LogP contribution in [0.3, 0.4) is 0 Å². The Hall–Kier alpha value is -2.24. The summed E-state index contributed by atoms with van der Waals surface area (Å²) in [5, 5.41) is 0. The molecule has 4 nitrogen and oxygen atoms in total. The van der Waals surface area contributed by atoms with Gasteiger partial charge in [0.25, 0.3) is 0 Å². The molecule has 0 radical (unpaired) electrons. The molecular weight excluding hydrogens is 340 g/mol. The van der Waals surface area contributed by atoms with E-state index >= 15 is 0 Å². The maximum Gasteiger partial charge on any atom is 0.146 e. The van der Waals surface area contributed by atoms with Crippen LogP contribution in [0.2, 0.25) is 0 Å². The Labute approximate surface area is 162 Å². The van der Waals surface area contributed by atoms with Gasteiger partial charge in [0.05, 0.1) is 39.6 Å². The van der Waals surface area contributed by atoms with Crippen molar-refractivity contribution >= 4 is 12.2 Å². The molecule has 0 N–H and O–H groups in total. The summed E-state index contributed by atoms with van der Waals surface area (Å²) in [5.74, 6) is 0. The fourth-order valence-corrected chi connectivity index (χ4v) is 2.41. The minimum atomic E-state index is 0.241. The second-order valence-corrected chi connectivity index (χ2v) is 5.94. The molecule has 0 unspecified atom stereocenters. The Balaban J connectivity index is 1.42. The Kier molecular flexibility index (Phi) is 10.1. The zero-order valence-corrected chi connectivity index (χ0v) is 15.8. The van der Waals surface area contributed by atoms with Crippen molar-refractivity contribution in [2.24, 2.45) is 0 Å². The highest BCUT2D eigenvalue weighted by molar-refractivity contribution is 5.48. The molecule has 0 heterocycles. The molecule has 0 aliphatic heterocycles.